The summed E-state index contributed by atoms with van der Waals surface area (Å²) in [7, 11) is 1.86. The molecule has 0 bridgehead atoms. The maximum absolute atomic E-state index is 12.5. The minimum atomic E-state index is -0.0604. The van der Waals surface area contributed by atoms with Crippen molar-refractivity contribution in [3.63, 3.8) is 0 Å². The smallest absolute Gasteiger partial charge is 0.222 e. The van der Waals surface area contributed by atoms with E-state index in [-0.39, 0.29) is 23.7 Å². The fourth-order valence-electron chi connectivity index (χ4n) is 3.33. The van der Waals surface area contributed by atoms with Gasteiger partial charge in [-0.05, 0) is 50.3 Å². The van der Waals surface area contributed by atoms with E-state index in [1.807, 2.05) is 18.7 Å². The quantitative estimate of drug-likeness (QED) is 0.727. The fraction of sp³-hybridized carbons (Fsp3) is 0.545. The van der Waals surface area contributed by atoms with Crippen LogP contribution in [0.1, 0.15) is 48.3 Å². The highest BCUT2D eigenvalue weighted by atomic mass is 35.5. The number of nitrogens with zero attached hydrogens (tertiary/aromatic N) is 3. The summed E-state index contributed by atoms with van der Waals surface area (Å²) in [6.45, 7) is 12.4. The monoisotopic (exact) mass is 406 g/mol. The number of hydrogen-bond donors (Lipinski definition) is 1. The third-order valence-electron chi connectivity index (χ3n) is 5.22. The van der Waals surface area contributed by atoms with Crippen LogP contribution >= 0.6 is 12.4 Å². The molecule has 0 aliphatic carbocycles. The Labute approximate surface area is 175 Å². The summed E-state index contributed by atoms with van der Waals surface area (Å²) in [6.07, 6.45) is 1.22. The summed E-state index contributed by atoms with van der Waals surface area (Å²) < 4.78 is 2.04. The number of rotatable bonds is 8. The van der Waals surface area contributed by atoms with Crippen molar-refractivity contribution in [1.29, 1.82) is 0 Å². The number of aromatic nitrogens is 2. The van der Waals surface area contributed by atoms with Gasteiger partial charge in [-0.2, -0.15) is 5.10 Å². The van der Waals surface area contributed by atoms with E-state index in [0.717, 1.165) is 24.4 Å². The van der Waals surface area contributed by atoms with E-state index in [4.69, 9.17) is 10.8 Å². The topological polar surface area (TPSA) is 64.2 Å². The van der Waals surface area contributed by atoms with Crippen molar-refractivity contribution in [3.8, 4) is 0 Å². The number of carbonyl (C=O) groups excluding carboxylic acids is 1. The van der Waals surface area contributed by atoms with Crippen molar-refractivity contribution in [2.24, 2.45) is 11.1 Å². The summed E-state index contributed by atoms with van der Waals surface area (Å²) in [6, 6.07) is 8.53. The molecule has 28 heavy (non-hydrogen) atoms. The third kappa shape index (κ3) is 6.35. The second-order valence-corrected chi connectivity index (χ2v) is 8.41. The van der Waals surface area contributed by atoms with Crippen LogP contribution in [0, 0.1) is 26.2 Å². The van der Waals surface area contributed by atoms with Crippen LogP contribution in [0.25, 0.3) is 0 Å². The summed E-state index contributed by atoms with van der Waals surface area (Å²) in [5.41, 5.74) is 11.6. The highest BCUT2D eigenvalue weighted by Gasteiger charge is 2.21. The third-order valence-corrected chi connectivity index (χ3v) is 5.22. The molecule has 156 valence electrons. The molecule has 5 nitrogen and oxygen atoms in total. The molecule has 2 aromatic rings. The number of carbonyl (C=O) groups is 1. The van der Waals surface area contributed by atoms with Gasteiger partial charge >= 0.3 is 0 Å². The molecule has 0 radical (unpaired) electrons. The first-order valence-corrected chi connectivity index (χ1v) is 9.65. The molecule has 0 aliphatic rings. The highest BCUT2D eigenvalue weighted by Crippen LogP contribution is 2.19. The zero-order valence-electron chi connectivity index (χ0n) is 18.1. The lowest BCUT2D eigenvalue weighted by atomic mass is 9.93. The predicted molar refractivity (Wildman–Crippen MR) is 118 cm³/mol. The van der Waals surface area contributed by atoms with Gasteiger partial charge in [-0.1, -0.05) is 43.7 Å². The summed E-state index contributed by atoms with van der Waals surface area (Å²) >= 11 is 0. The molecule has 0 fully saturated rings. The van der Waals surface area contributed by atoms with Gasteiger partial charge in [0.15, 0.2) is 0 Å². The Hall–Kier alpha value is -1.85. The van der Waals surface area contributed by atoms with Gasteiger partial charge in [0.25, 0.3) is 0 Å². The minimum absolute atomic E-state index is 0. The second kappa shape index (κ2) is 10.1. The zero-order chi connectivity index (χ0) is 20.2. The predicted octanol–water partition coefficient (Wildman–Crippen LogP) is 3.65. The van der Waals surface area contributed by atoms with Gasteiger partial charge in [0, 0.05) is 25.7 Å². The first-order valence-electron chi connectivity index (χ1n) is 9.65. The number of amides is 1. The van der Waals surface area contributed by atoms with Gasteiger partial charge in [-0.15, -0.1) is 12.4 Å². The van der Waals surface area contributed by atoms with Gasteiger partial charge in [0.2, 0.25) is 5.91 Å². The largest absolute Gasteiger partial charge is 0.345 e. The molecule has 1 amide bonds. The molecule has 6 heteroatoms. The number of hydrogen-bond acceptors (Lipinski definition) is 3. The van der Waals surface area contributed by atoms with Crippen LogP contribution in [0.15, 0.2) is 24.3 Å². The van der Waals surface area contributed by atoms with Crippen molar-refractivity contribution in [2.75, 3.05) is 20.1 Å². The molecule has 0 unspecified atom stereocenters. The lowest BCUT2D eigenvalue weighted by Crippen LogP contribution is -2.39. The van der Waals surface area contributed by atoms with E-state index in [1.165, 1.54) is 16.7 Å². The molecule has 0 saturated carbocycles. The van der Waals surface area contributed by atoms with Crippen molar-refractivity contribution < 1.29 is 4.79 Å². The van der Waals surface area contributed by atoms with Crippen LogP contribution in [-0.4, -0.2) is 40.7 Å². The number of benzene rings is 1. The van der Waals surface area contributed by atoms with Crippen LogP contribution in [0.4, 0.5) is 0 Å². The minimum Gasteiger partial charge on any atom is -0.345 e. The summed E-state index contributed by atoms with van der Waals surface area (Å²) in [5, 5.41) is 4.70. The van der Waals surface area contributed by atoms with Crippen LogP contribution < -0.4 is 5.73 Å². The second-order valence-electron chi connectivity index (χ2n) is 8.41. The molecule has 1 aromatic heterocycles. The standard InChI is InChI=1S/C22H34N4O.ClH/c1-16-7-9-19(10-8-16)13-26-18(3)20(17(2)24-26)11-12-21(27)25(6)15-22(4,5)14-23;/h7-10H,11-15,23H2,1-6H3;1H. The highest BCUT2D eigenvalue weighted by molar-refractivity contribution is 5.85. The number of aryl methyl sites for hydroxylation is 2. The molecule has 0 spiro atoms. The molecule has 0 atom stereocenters. The van der Waals surface area contributed by atoms with Crippen molar-refractivity contribution >= 4 is 18.3 Å². The first-order chi connectivity index (χ1) is 12.6. The molecular weight excluding hydrogens is 372 g/mol. The van der Waals surface area contributed by atoms with E-state index in [0.29, 0.717) is 19.5 Å². The molecule has 0 aliphatic heterocycles. The Morgan fingerprint density at radius 2 is 1.79 bits per heavy atom. The average molecular weight is 407 g/mol. The zero-order valence-corrected chi connectivity index (χ0v) is 18.9. The van der Waals surface area contributed by atoms with Gasteiger partial charge in [0.1, 0.15) is 0 Å². The SMILES string of the molecule is Cc1ccc(Cn2nc(C)c(CCC(=O)N(C)CC(C)(C)CN)c2C)cc1.Cl. The fourth-order valence-corrected chi connectivity index (χ4v) is 3.33. The van der Waals surface area contributed by atoms with Crippen molar-refractivity contribution in [2.45, 2.75) is 54.0 Å². The van der Waals surface area contributed by atoms with E-state index in [9.17, 15) is 4.79 Å². The maximum atomic E-state index is 12.5. The number of halogens is 1. The molecule has 2 rings (SSSR count). The van der Waals surface area contributed by atoms with E-state index in [1.54, 1.807) is 4.90 Å². The van der Waals surface area contributed by atoms with E-state index in [2.05, 4.69) is 52.0 Å². The van der Waals surface area contributed by atoms with Gasteiger partial charge in [0.05, 0.1) is 12.2 Å². The molecule has 1 heterocycles. The Morgan fingerprint density at radius 1 is 1.18 bits per heavy atom. The van der Waals surface area contributed by atoms with Crippen LogP contribution in [0.5, 0.6) is 0 Å². The van der Waals surface area contributed by atoms with Gasteiger partial charge in [-0.25, -0.2) is 0 Å². The normalized spacial score (nSPS) is 11.2. The van der Waals surface area contributed by atoms with Crippen LogP contribution in [0.3, 0.4) is 0 Å². The van der Waals surface area contributed by atoms with Crippen molar-refractivity contribution in [3.05, 3.63) is 52.3 Å². The molecule has 2 N–H and O–H groups in total. The molecule has 0 saturated heterocycles. The van der Waals surface area contributed by atoms with E-state index >= 15 is 0 Å². The summed E-state index contributed by atoms with van der Waals surface area (Å²) in [5.74, 6) is 0.154. The average Bonchev–Trinajstić information content (AvgIpc) is 2.88. The van der Waals surface area contributed by atoms with Crippen LogP contribution in [-0.2, 0) is 17.8 Å². The molecular formula is C22H35ClN4O. The van der Waals surface area contributed by atoms with Gasteiger partial charge in [-0.3, -0.25) is 9.48 Å². The van der Waals surface area contributed by atoms with Crippen molar-refractivity contribution in [1.82, 2.24) is 14.7 Å². The lowest BCUT2D eigenvalue weighted by Gasteiger charge is -2.29. The summed E-state index contributed by atoms with van der Waals surface area (Å²) in [4.78, 5) is 14.3. The first kappa shape index (κ1) is 24.2. The Kier molecular flexibility index (Phi) is 8.71. The van der Waals surface area contributed by atoms with Gasteiger partial charge < -0.3 is 10.6 Å². The Bertz CT molecular complexity index is 781. The molecule has 1 aromatic carbocycles. The maximum Gasteiger partial charge on any atom is 0.222 e. The number of nitrogens with two attached hydrogens (primary N) is 1. The Balaban J connectivity index is 0.00000392. The lowest BCUT2D eigenvalue weighted by molar-refractivity contribution is -0.131. The van der Waals surface area contributed by atoms with Crippen LogP contribution in [0.2, 0.25) is 0 Å². The van der Waals surface area contributed by atoms with E-state index < -0.39 is 0 Å². The Morgan fingerprint density at radius 3 is 2.36 bits per heavy atom.